The number of nitrogens with zero attached hydrogens (tertiary/aromatic N) is 3. The van der Waals surface area contributed by atoms with Gasteiger partial charge in [-0.3, -0.25) is 4.98 Å². The van der Waals surface area contributed by atoms with Gasteiger partial charge >= 0.3 is 12.1 Å². The standard InChI is InChI=1S/C16H13FN4O4S/c1-8-10(14(21-25-8)11-4-2-9(17)6-19-11)3-5-13-20-7-12(26-13)15(22)24-16(18)23/h2,4,6-7H,3,5H2,1H3,(H2,18,23). The van der Waals surface area contributed by atoms with Gasteiger partial charge in [-0.2, -0.15) is 0 Å². The Morgan fingerprint density at radius 1 is 1.27 bits per heavy atom. The van der Waals surface area contributed by atoms with Crippen LogP contribution in [0.4, 0.5) is 9.18 Å². The highest BCUT2D eigenvalue weighted by atomic mass is 32.1. The van der Waals surface area contributed by atoms with Crippen molar-refractivity contribution in [1.29, 1.82) is 0 Å². The van der Waals surface area contributed by atoms with E-state index in [1.54, 1.807) is 6.92 Å². The van der Waals surface area contributed by atoms with E-state index >= 15 is 0 Å². The minimum Gasteiger partial charge on any atom is -0.372 e. The summed E-state index contributed by atoms with van der Waals surface area (Å²) < 4.78 is 22.6. The van der Waals surface area contributed by atoms with E-state index < -0.39 is 17.9 Å². The molecule has 2 N–H and O–H groups in total. The molecule has 3 rings (SSSR count). The summed E-state index contributed by atoms with van der Waals surface area (Å²) in [7, 11) is 0. The summed E-state index contributed by atoms with van der Waals surface area (Å²) in [6.07, 6.45) is 2.31. The average Bonchev–Trinajstić information content (AvgIpc) is 3.20. The van der Waals surface area contributed by atoms with E-state index in [1.807, 2.05) is 0 Å². The molecule has 0 aliphatic rings. The predicted octanol–water partition coefficient (Wildman–Crippen LogP) is 2.66. The summed E-state index contributed by atoms with van der Waals surface area (Å²) in [5.74, 6) is -0.650. The van der Waals surface area contributed by atoms with Gasteiger partial charge in [-0.15, -0.1) is 11.3 Å². The number of nitrogens with two attached hydrogens (primary N) is 1. The molecule has 0 fully saturated rings. The quantitative estimate of drug-likeness (QED) is 0.536. The highest BCUT2D eigenvalue weighted by Gasteiger charge is 2.18. The number of halogens is 1. The summed E-state index contributed by atoms with van der Waals surface area (Å²) >= 11 is 1.10. The molecule has 0 radical (unpaired) electrons. The van der Waals surface area contributed by atoms with E-state index in [0.717, 1.165) is 23.1 Å². The third kappa shape index (κ3) is 3.91. The molecule has 0 saturated carbocycles. The van der Waals surface area contributed by atoms with Crippen molar-refractivity contribution in [3.8, 4) is 11.4 Å². The number of rotatable bonds is 5. The molecule has 10 heteroatoms. The number of esters is 1. The smallest absolute Gasteiger partial charge is 0.372 e. The number of carbonyl (C=O) groups excluding carboxylic acids is 2. The Morgan fingerprint density at radius 3 is 2.77 bits per heavy atom. The molecule has 0 aromatic carbocycles. The molecule has 3 heterocycles. The lowest BCUT2D eigenvalue weighted by molar-refractivity contribution is 0.0643. The van der Waals surface area contributed by atoms with Crippen LogP contribution >= 0.6 is 11.3 Å². The van der Waals surface area contributed by atoms with Crippen LogP contribution in [0.15, 0.2) is 29.0 Å². The number of ether oxygens (including phenoxy) is 1. The van der Waals surface area contributed by atoms with Gasteiger partial charge < -0.3 is 15.0 Å². The van der Waals surface area contributed by atoms with Crippen LogP contribution in [-0.4, -0.2) is 27.2 Å². The van der Waals surface area contributed by atoms with E-state index in [0.29, 0.717) is 35.0 Å². The molecule has 0 spiro atoms. The topological polar surface area (TPSA) is 121 Å². The maximum Gasteiger partial charge on any atom is 0.412 e. The number of pyridine rings is 1. The van der Waals surface area contributed by atoms with Crippen molar-refractivity contribution in [2.24, 2.45) is 5.73 Å². The van der Waals surface area contributed by atoms with E-state index in [-0.39, 0.29) is 4.88 Å². The zero-order chi connectivity index (χ0) is 18.7. The maximum atomic E-state index is 13.0. The van der Waals surface area contributed by atoms with E-state index in [2.05, 4.69) is 19.9 Å². The van der Waals surface area contributed by atoms with Gasteiger partial charge in [-0.1, -0.05) is 5.16 Å². The van der Waals surface area contributed by atoms with Crippen molar-refractivity contribution < 1.29 is 23.2 Å². The summed E-state index contributed by atoms with van der Waals surface area (Å²) in [5, 5.41) is 4.66. The van der Waals surface area contributed by atoms with Crippen LogP contribution in [0.5, 0.6) is 0 Å². The zero-order valence-corrected chi connectivity index (χ0v) is 14.4. The number of amides is 1. The van der Waals surface area contributed by atoms with Crippen molar-refractivity contribution in [3.05, 3.63) is 51.6 Å². The van der Waals surface area contributed by atoms with Gasteiger partial charge in [0.05, 0.1) is 23.1 Å². The molecule has 3 aromatic rings. The lowest BCUT2D eigenvalue weighted by Crippen LogP contribution is -2.17. The lowest BCUT2D eigenvalue weighted by Gasteiger charge is -2.01. The molecule has 1 amide bonds. The van der Waals surface area contributed by atoms with Gasteiger partial charge in [-0.05, 0) is 25.5 Å². The first kappa shape index (κ1) is 17.7. The molecule has 3 aromatic heterocycles. The first-order valence-electron chi connectivity index (χ1n) is 7.47. The van der Waals surface area contributed by atoms with E-state index in [1.165, 1.54) is 18.3 Å². The highest BCUT2D eigenvalue weighted by Crippen LogP contribution is 2.26. The number of hydrogen-bond donors (Lipinski definition) is 1. The Labute approximate surface area is 150 Å². The van der Waals surface area contributed by atoms with Gasteiger partial charge in [0.25, 0.3) is 0 Å². The molecule has 0 unspecified atom stereocenters. The van der Waals surface area contributed by atoms with Crippen LogP contribution in [0.1, 0.15) is 26.0 Å². The minimum absolute atomic E-state index is 0.182. The molecule has 0 bridgehead atoms. The van der Waals surface area contributed by atoms with Crippen molar-refractivity contribution in [2.45, 2.75) is 19.8 Å². The van der Waals surface area contributed by atoms with Crippen LogP contribution in [0.3, 0.4) is 0 Å². The summed E-state index contributed by atoms with van der Waals surface area (Å²) in [4.78, 5) is 30.6. The number of carbonyl (C=O) groups is 2. The van der Waals surface area contributed by atoms with Crippen LogP contribution in [0, 0.1) is 12.7 Å². The predicted molar refractivity (Wildman–Crippen MR) is 88.9 cm³/mol. The lowest BCUT2D eigenvalue weighted by atomic mass is 10.1. The van der Waals surface area contributed by atoms with Crippen LogP contribution in [0.2, 0.25) is 0 Å². The first-order chi connectivity index (χ1) is 12.4. The Hall–Kier alpha value is -3.14. The molecule has 26 heavy (non-hydrogen) atoms. The minimum atomic E-state index is -1.17. The summed E-state index contributed by atoms with van der Waals surface area (Å²) in [5.41, 5.74) is 6.67. The first-order valence-corrected chi connectivity index (χ1v) is 8.29. The van der Waals surface area contributed by atoms with Crippen molar-refractivity contribution in [2.75, 3.05) is 0 Å². The maximum absolute atomic E-state index is 13.0. The molecule has 134 valence electrons. The Morgan fingerprint density at radius 2 is 2.08 bits per heavy atom. The fourth-order valence-corrected chi connectivity index (χ4v) is 3.09. The SMILES string of the molecule is Cc1onc(-c2ccc(F)cn2)c1CCc1ncc(C(=O)OC(N)=O)s1. The highest BCUT2D eigenvalue weighted by molar-refractivity contribution is 7.13. The number of primary amides is 1. The van der Waals surface area contributed by atoms with Crippen LogP contribution < -0.4 is 5.73 Å². The Balaban J connectivity index is 1.74. The monoisotopic (exact) mass is 376 g/mol. The van der Waals surface area contributed by atoms with Gasteiger partial charge in [-0.25, -0.2) is 19.0 Å². The molecule has 0 saturated heterocycles. The second-order valence-electron chi connectivity index (χ2n) is 5.25. The fourth-order valence-electron chi connectivity index (χ4n) is 2.30. The Bertz CT molecular complexity index is 952. The zero-order valence-electron chi connectivity index (χ0n) is 13.6. The average molecular weight is 376 g/mol. The molecule has 0 atom stereocenters. The van der Waals surface area contributed by atoms with Crippen molar-refractivity contribution >= 4 is 23.4 Å². The fraction of sp³-hybridized carbons (Fsp3) is 0.188. The second kappa shape index (κ2) is 7.40. The van der Waals surface area contributed by atoms with Crippen molar-refractivity contribution in [3.63, 3.8) is 0 Å². The second-order valence-corrected chi connectivity index (χ2v) is 6.37. The van der Waals surface area contributed by atoms with Crippen LogP contribution in [0.25, 0.3) is 11.4 Å². The third-order valence-corrected chi connectivity index (χ3v) is 4.53. The molecule has 0 aliphatic heterocycles. The van der Waals surface area contributed by atoms with E-state index in [9.17, 15) is 14.0 Å². The van der Waals surface area contributed by atoms with Crippen LogP contribution in [-0.2, 0) is 17.6 Å². The third-order valence-electron chi connectivity index (χ3n) is 3.49. The van der Waals surface area contributed by atoms with Gasteiger partial charge in [0.1, 0.15) is 22.1 Å². The van der Waals surface area contributed by atoms with E-state index in [4.69, 9.17) is 10.3 Å². The molecule has 8 nitrogen and oxygen atoms in total. The number of aryl methyl sites for hydroxylation is 2. The molecule has 0 aliphatic carbocycles. The van der Waals surface area contributed by atoms with Gasteiger partial charge in [0.2, 0.25) is 0 Å². The Kier molecular flexibility index (Phi) is 5.03. The molecular formula is C16H13FN4O4S. The van der Waals surface area contributed by atoms with Gasteiger partial charge in [0.15, 0.2) is 0 Å². The van der Waals surface area contributed by atoms with Gasteiger partial charge in [0, 0.05) is 12.0 Å². The summed E-state index contributed by atoms with van der Waals surface area (Å²) in [6.45, 7) is 1.77. The summed E-state index contributed by atoms with van der Waals surface area (Å²) in [6, 6.07) is 2.82. The molecular weight excluding hydrogens is 363 g/mol. The van der Waals surface area contributed by atoms with Crippen molar-refractivity contribution in [1.82, 2.24) is 15.1 Å². The number of thiazole rings is 1. The number of hydrogen-bond acceptors (Lipinski definition) is 8. The number of aromatic nitrogens is 3. The largest absolute Gasteiger partial charge is 0.412 e. The normalized spacial score (nSPS) is 10.7.